The number of aromatic nitrogens is 1. The molecule has 18 heavy (non-hydrogen) atoms. The smallest absolute Gasteiger partial charge is 0.219 e. The molecule has 1 aromatic carbocycles. The summed E-state index contributed by atoms with van der Waals surface area (Å²) in [6.45, 7) is 1.80. The molecule has 94 valence electrons. The molecule has 0 aliphatic heterocycles. The lowest BCUT2D eigenvalue weighted by Gasteiger charge is -2.09. The Morgan fingerprint density at radius 3 is 2.72 bits per heavy atom. The molecule has 0 radical (unpaired) electrons. The summed E-state index contributed by atoms with van der Waals surface area (Å²) >= 11 is 9.23. The molecule has 1 N–H and O–H groups in total. The zero-order chi connectivity index (χ0) is 13.1. The van der Waals surface area contributed by atoms with Gasteiger partial charge in [-0.05, 0) is 52.7 Å². The van der Waals surface area contributed by atoms with Crippen LogP contribution in [0.4, 0.5) is 0 Å². The second-order valence-corrected chi connectivity index (χ2v) is 5.02. The van der Waals surface area contributed by atoms with Crippen LogP contribution in [0, 0.1) is 6.92 Å². The second kappa shape index (κ2) is 5.69. The lowest BCUT2D eigenvalue weighted by Crippen LogP contribution is -1.95. The Balaban J connectivity index is 2.26. The molecule has 3 nitrogen and oxygen atoms in total. The van der Waals surface area contributed by atoms with Crippen molar-refractivity contribution >= 4 is 27.5 Å². The van der Waals surface area contributed by atoms with Crippen LogP contribution in [-0.4, -0.2) is 10.1 Å². The Bertz CT molecular complexity index is 575. The zero-order valence-electron chi connectivity index (χ0n) is 9.65. The highest BCUT2D eigenvalue weighted by Gasteiger charge is 2.06. The minimum atomic E-state index is -0.0241. The van der Waals surface area contributed by atoms with Crippen LogP contribution in [0.5, 0.6) is 11.6 Å². The highest BCUT2D eigenvalue weighted by Crippen LogP contribution is 2.31. The Kier molecular flexibility index (Phi) is 4.22. The standard InChI is InChI=1S/C13H11BrClNO2/c1-8-9(7-17)2-5-13(16-8)18-12-4-3-10(15)6-11(12)14/h2-6,17H,7H2,1H3. The Morgan fingerprint density at radius 2 is 2.11 bits per heavy atom. The van der Waals surface area contributed by atoms with Gasteiger partial charge < -0.3 is 9.84 Å². The van der Waals surface area contributed by atoms with Crippen molar-refractivity contribution in [2.75, 3.05) is 0 Å². The molecule has 2 rings (SSSR count). The average molecular weight is 329 g/mol. The van der Waals surface area contributed by atoms with E-state index in [0.29, 0.717) is 16.7 Å². The monoisotopic (exact) mass is 327 g/mol. The molecule has 1 aromatic heterocycles. The maximum atomic E-state index is 9.07. The molecule has 0 atom stereocenters. The number of aliphatic hydroxyl groups is 1. The van der Waals surface area contributed by atoms with Crippen LogP contribution >= 0.6 is 27.5 Å². The van der Waals surface area contributed by atoms with Crippen molar-refractivity contribution in [2.45, 2.75) is 13.5 Å². The summed E-state index contributed by atoms with van der Waals surface area (Å²) in [7, 11) is 0. The van der Waals surface area contributed by atoms with Gasteiger partial charge in [-0.2, -0.15) is 0 Å². The third kappa shape index (κ3) is 3.02. The van der Waals surface area contributed by atoms with Crippen molar-refractivity contribution in [1.82, 2.24) is 4.98 Å². The van der Waals surface area contributed by atoms with Crippen molar-refractivity contribution in [2.24, 2.45) is 0 Å². The normalized spacial score (nSPS) is 10.4. The zero-order valence-corrected chi connectivity index (χ0v) is 12.0. The number of aliphatic hydroxyl groups excluding tert-OH is 1. The molecule has 0 fully saturated rings. The molecule has 0 saturated heterocycles. The van der Waals surface area contributed by atoms with E-state index < -0.39 is 0 Å². The fraction of sp³-hybridized carbons (Fsp3) is 0.154. The summed E-state index contributed by atoms with van der Waals surface area (Å²) in [5, 5.41) is 9.70. The van der Waals surface area contributed by atoms with E-state index in [2.05, 4.69) is 20.9 Å². The first-order valence-corrected chi connectivity index (χ1v) is 6.47. The van der Waals surface area contributed by atoms with E-state index >= 15 is 0 Å². The summed E-state index contributed by atoms with van der Waals surface area (Å²) in [6.07, 6.45) is 0. The van der Waals surface area contributed by atoms with Crippen molar-refractivity contribution in [3.63, 3.8) is 0 Å². The van der Waals surface area contributed by atoms with Gasteiger partial charge in [-0.1, -0.05) is 11.6 Å². The lowest BCUT2D eigenvalue weighted by atomic mass is 10.2. The summed E-state index contributed by atoms with van der Waals surface area (Å²) < 4.78 is 6.41. The molecule has 0 spiro atoms. The van der Waals surface area contributed by atoms with Crippen LogP contribution in [0.3, 0.4) is 0 Å². The van der Waals surface area contributed by atoms with Crippen molar-refractivity contribution < 1.29 is 9.84 Å². The van der Waals surface area contributed by atoms with Crippen LogP contribution in [0.1, 0.15) is 11.3 Å². The number of hydrogen-bond acceptors (Lipinski definition) is 3. The van der Waals surface area contributed by atoms with E-state index in [1.165, 1.54) is 0 Å². The summed E-state index contributed by atoms with van der Waals surface area (Å²) in [5.41, 5.74) is 1.54. The highest BCUT2D eigenvalue weighted by molar-refractivity contribution is 9.10. The van der Waals surface area contributed by atoms with E-state index in [9.17, 15) is 0 Å². The van der Waals surface area contributed by atoms with E-state index in [0.717, 1.165) is 15.7 Å². The first-order chi connectivity index (χ1) is 8.60. The molecule has 5 heteroatoms. The highest BCUT2D eigenvalue weighted by atomic mass is 79.9. The fourth-order valence-electron chi connectivity index (χ4n) is 1.46. The number of ether oxygens (including phenoxy) is 1. The van der Waals surface area contributed by atoms with Gasteiger partial charge in [0.2, 0.25) is 5.88 Å². The summed E-state index contributed by atoms with van der Waals surface area (Å²) in [4.78, 5) is 4.27. The molecule has 0 unspecified atom stereocenters. The molecule has 2 aromatic rings. The Labute approximate surface area is 119 Å². The molecular formula is C13H11BrClNO2. The third-order valence-corrected chi connectivity index (χ3v) is 3.30. The maximum absolute atomic E-state index is 9.07. The third-order valence-electron chi connectivity index (χ3n) is 2.45. The maximum Gasteiger partial charge on any atom is 0.219 e. The molecule has 0 amide bonds. The number of nitrogens with zero attached hydrogens (tertiary/aromatic N) is 1. The van der Waals surface area contributed by atoms with Gasteiger partial charge in [-0.3, -0.25) is 0 Å². The number of halogens is 2. The largest absolute Gasteiger partial charge is 0.438 e. The fourth-order valence-corrected chi connectivity index (χ4v) is 2.23. The molecule has 0 aliphatic rings. The van der Waals surface area contributed by atoms with Gasteiger partial charge in [-0.15, -0.1) is 0 Å². The lowest BCUT2D eigenvalue weighted by molar-refractivity contribution is 0.280. The molecule has 0 aliphatic carbocycles. The van der Waals surface area contributed by atoms with E-state index in [1.54, 1.807) is 30.3 Å². The van der Waals surface area contributed by atoms with E-state index in [-0.39, 0.29) is 6.61 Å². The van der Waals surface area contributed by atoms with E-state index in [1.807, 2.05) is 6.92 Å². The molecule has 0 saturated carbocycles. The minimum absolute atomic E-state index is 0.0241. The van der Waals surface area contributed by atoms with Gasteiger partial charge >= 0.3 is 0 Å². The Morgan fingerprint density at radius 1 is 1.33 bits per heavy atom. The number of rotatable bonds is 3. The molecule has 0 bridgehead atoms. The quantitative estimate of drug-likeness (QED) is 0.922. The van der Waals surface area contributed by atoms with Gasteiger partial charge in [0.05, 0.1) is 11.1 Å². The van der Waals surface area contributed by atoms with E-state index in [4.69, 9.17) is 21.4 Å². The predicted molar refractivity (Wildman–Crippen MR) is 74.1 cm³/mol. The van der Waals surface area contributed by atoms with Crippen LogP contribution in [0.2, 0.25) is 5.02 Å². The topological polar surface area (TPSA) is 42.4 Å². The van der Waals surface area contributed by atoms with Crippen LogP contribution in [0.25, 0.3) is 0 Å². The van der Waals surface area contributed by atoms with Crippen LogP contribution in [0.15, 0.2) is 34.8 Å². The number of pyridine rings is 1. The van der Waals surface area contributed by atoms with Gasteiger partial charge in [0.1, 0.15) is 5.75 Å². The van der Waals surface area contributed by atoms with Crippen molar-refractivity contribution in [1.29, 1.82) is 0 Å². The average Bonchev–Trinajstić information content (AvgIpc) is 2.33. The van der Waals surface area contributed by atoms with Gasteiger partial charge in [0.25, 0.3) is 0 Å². The van der Waals surface area contributed by atoms with Crippen molar-refractivity contribution in [3.05, 3.63) is 51.1 Å². The van der Waals surface area contributed by atoms with Crippen LogP contribution in [-0.2, 0) is 6.61 Å². The first-order valence-electron chi connectivity index (χ1n) is 5.30. The van der Waals surface area contributed by atoms with Gasteiger partial charge in [0, 0.05) is 16.8 Å². The minimum Gasteiger partial charge on any atom is -0.438 e. The predicted octanol–water partition coefficient (Wildman–Crippen LogP) is 4.09. The SMILES string of the molecule is Cc1nc(Oc2ccc(Cl)cc2Br)ccc1CO. The summed E-state index contributed by atoms with van der Waals surface area (Å²) in [5.74, 6) is 1.12. The number of hydrogen-bond donors (Lipinski definition) is 1. The Hall–Kier alpha value is -1.10. The molecular weight excluding hydrogens is 318 g/mol. The van der Waals surface area contributed by atoms with Crippen molar-refractivity contribution in [3.8, 4) is 11.6 Å². The van der Waals surface area contributed by atoms with Crippen LogP contribution < -0.4 is 4.74 Å². The molecule has 1 heterocycles. The summed E-state index contributed by atoms with van der Waals surface area (Å²) in [6, 6.07) is 8.78. The number of aryl methyl sites for hydroxylation is 1. The first kappa shape index (κ1) is 13.3. The van der Waals surface area contributed by atoms with Gasteiger partial charge in [0.15, 0.2) is 0 Å². The van der Waals surface area contributed by atoms with Gasteiger partial charge in [-0.25, -0.2) is 4.98 Å². The number of benzene rings is 1. The second-order valence-electron chi connectivity index (χ2n) is 3.73.